The fourth-order valence-electron chi connectivity index (χ4n) is 2.49. The summed E-state index contributed by atoms with van der Waals surface area (Å²) in [5.41, 5.74) is 2.80. The van der Waals surface area contributed by atoms with Crippen molar-refractivity contribution in [3.63, 3.8) is 0 Å². The van der Waals surface area contributed by atoms with Crippen LogP contribution in [-0.2, 0) is 0 Å². The number of amides is 1. The van der Waals surface area contributed by atoms with Gasteiger partial charge in [0.1, 0.15) is 11.6 Å². The summed E-state index contributed by atoms with van der Waals surface area (Å²) in [7, 11) is 0. The number of nitrogens with one attached hydrogen (secondary N) is 2. The van der Waals surface area contributed by atoms with Crippen molar-refractivity contribution in [1.29, 1.82) is 0 Å². The Bertz CT molecular complexity index is 1030. The van der Waals surface area contributed by atoms with Crippen LogP contribution in [0.1, 0.15) is 29.8 Å². The Labute approximate surface area is 177 Å². The maximum atomic E-state index is 12.7. The second-order valence-electron chi connectivity index (χ2n) is 6.00. The second kappa shape index (κ2) is 11.7. The predicted octanol–water partition coefficient (Wildman–Crippen LogP) is 5.40. The summed E-state index contributed by atoms with van der Waals surface area (Å²) in [5.74, 6) is 0.793. The van der Waals surface area contributed by atoms with E-state index in [9.17, 15) is 4.79 Å². The molecule has 2 heterocycles. The summed E-state index contributed by atoms with van der Waals surface area (Å²) >= 11 is 0. The molecule has 2 aromatic heterocycles. The van der Waals surface area contributed by atoms with Crippen molar-refractivity contribution in [1.82, 2.24) is 9.97 Å². The molecule has 1 amide bonds. The zero-order valence-corrected chi connectivity index (χ0v) is 17.2. The molecule has 0 aliphatic carbocycles. The van der Waals surface area contributed by atoms with Crippen LogP contribution in [0.5, 0.6) is 0 Å². The molecule has 30 heavy (non-hydrogen) atoms. The molecule has 2 aromatic rings. The molecule has 2 N–H and O–H groups in total. The van der Waals surface area contributed by atoms with E-state index in [4.69, 9.17) is 0 Å². The minimum absolute atomic E-state index is 0.273. The van der Waals surface area contributed by atoms with E-state index in [1.165, 1.54) is 0 Å². The third-order valence-corrected chi connectivity index (χ3v) is 3.84. The molecule has 0 atom stereocenters. The number of nitrogens with zero attached hydrogens (tertiary/aromatic N) is 3. The Morgan fingerprint density at radius 3 is 2.63 bits per heavy atom. The third-order valence-electron chi connectivity index (χ3n) is 3.84. The molecule has 0 saturated carbocycles. The van der Waals surface area contributed by atoms with Gasteiger partial charge in [-0.3, -0.25) is 9.78 Å². The number of aliphatic imine (C=N–C) groups is 1. The number of aromatic nitrogens is 2. The van der Waals surface area contributed by atoms with Gasteiger partial charge in [-0.1, -0.05) is 43.5 Å². The van der Waals surface area contributed by atoms with E-state index in [2.05, 4.69) is 38.8 Å². The summed E-state index contributed by atoms with van der Waals surface area (Å²) in [4.78, 5) is 25.4. The molecule has 152 valence electrons. The highest BCUT2D eigenvalue weighted by Crippen LogP contribution is 2.19. The van der Waals surface area contributed by atoms with Crippen LogP contribution in [0.15, 0.2) is 97.2 Å². The predicted molar refractivity (Wildman–Crippen MR) is 125 cm³/mol. The van der Waals surface area contributed by atoms with Crippen molar-refractivity contribution in [3.8, 4) is 0 Å². The quantitative estimate of drug-likeness (QED) is 0.437. The lowest BCUT2D eigenvalue weighted by Crippen LogP contribution is -2.13. The fourth-order valence-corrected chi connectivity index (χ4v) is 2.49. The fraction of sp³-hybridized carbons (Fsp3) is 0.0833. The number of hydrogen-bond acceptors (Lipinski definition) is 5. The van der Waals surface area contributed by atoms with Gasteiger partial charge in [-0.2, -0.15) is 0 Å². The molecule has 6 nitrogen and oxygen atoms in total. The Kier molecular flexibility index (Phi) is 8.68. The van der Waals surface area contributed by atoms with E-state index < -0.39 is 0 Å². The number of anilines is 2. The molecule has 0 spiro atoms. The lowest BCUT2D eigenvalue weighted by atomic mass is 10.1. The number of hydrogen-bond donors (Lipinski definition) is 2. The average Bonchev–Trinajstić information content (AvgIpc) is 2.75. The molecule has 0 fully saturated rings. The van der Waals surface area contributed by atoms with Gasteiger partial charge in [-0.25, -0.2) is 9.98 Å². The first kappa shape index (κ1) is 22.2. The molecule has 0 aliphatic heterocycles. The van der Waals surface area contributed by atoms with Crippen LogP contribution >= 0.6 is 0 Å². The van der Waals surface area contributed by atoms with Crippen molar-refractivity contribution in [3.05, 3.63) is 103 Å². The van der Waals surface area contributed by atoms with Crippen LogP contribution in [0.4, 0.5) is 11.5 Å². The lowest BCUT2D eigenvalue weighted by Gasteiger charge is -2.09. The van der Waals surface area contributed by atoms with Gasteiger partial charge in [0.05, 0.1) is 11.9 Å². The van der Waals surface area contributed by atoms with E-state index >= 15 is 0 Å². The van der Waals surface area contributed by atoms with E-state index in [1.54, 1.807) is 55.2 Å². The largest absolute Gasteiger partial charge is 0.325 e. The molecule has 0 bridgehead atoms. The summed E-state index contributed by atoms with van der Waals surface area (Å²) in [6.45, 7) is 11.2. The molecule has 0 unspecified atom stereocenters. The van der Waals surface area contributed by atoms with Gasteiger partial charge < -0.3 is 10.6 Å². The molecule has 0 saturated heterocycles. The summed E-state index contributed by atoms with van der Waals surface area (Å²) in [6.07, 6.45) is 17.4. The Morgan fingerprint density at radius 2 is 1.93 bits per heavy atom. The Morgan fingerprint density at radius 1 is 1.10 bits per heavy atom. The first-order valence-corrected chi connectivity index (χ1v) is 9.38. The average molecular weight is 399 g/mol. The molecule has 6 heteroatoms. The topological polar surface area (TPSA) is 79.3 Å². The standard InChI is InChI=1S/C24H25N5O/c1-5-9-11-18(7-3)20-14-21(17-25-16-20)28-24(30)19-12-13-27-23(15-19)29-22(10-6-2)26-8-4/h5-17H,2-3H2,1,4H3,(H,27,29)(H,28,30)/b9-5-,18-11+,22-10+,26-8-. The van der Waals surface area contributed by atoms with Gasteiger partial charge in [-0.05, 0) is 43.7 Å². The Hall–Kier alpha value is -4.06. The van der Waals surface area contributed by atoms with Gasteiger partial charge in [0, 0.05) is 29.7 Å². The second-order valence-corrected chi connectivity index (χ2v) is 6.00. The van der Waals surface area contributed by atoms with E-state index in [1.807, 2.05) is 38.1 Å². The summed E-state index contributed by atoms with van der Waals surface area (Å²) < 4.78 is 0. The molecule has 0 aromatic carbocycles. The van der Waals surface area contributed by atoms with Crippen molar-refractivity contribution in [2.75, 3.05) is 10.6 Å². The van der Waals surface area contributed by atoms with Crippen LogP contribution in [0, 0.1) is 0 Å². The minimum atomic E-state index is -0.273. The summed E-state index contributed by atoms with van der Waals surface area (Å²) in [5, 5.41) is 5.92. The highest BCUT2D eigenvalue weighted by Gasteiger charge is 2.09. The monoisotopic (exact) mass is 399 g/mol. The number of carbonyl (C=O) groups is 1. The maximum Gasteiger partial charge on any atom is 0.255 e. The first-order chi connectivity index (χ1) is 14.6. The van der Waals surface area contributed by atoms with Crippen molar-refractivity contribution in [2.45, 2.75) is 13.8 Å². The molecule has 2 rings (SSSR count). The number of allylic oxidation sites excluding steroid dienone is 7. The van der Waals surface area contributed by atoms with Gasteiger partial charge in [0.2, 0.25) is 0 Å². The number of carbonyl (C=O) groups excluding carboxylic acids is 1. The third kappa shape index (κ3) is 6.53. The van der Waals surface area contributed by atoms with Gasteiger partial charge in [0.15, 0.2) is 0 Å². The zero-order valence-electron chi connectivity index (χ0n) is 17.2. The zero-order chi connectivity index (χ0) is 21.8. The van der Waals surface area contributed by atoms with Gasteiger partial charge in [0.25, 0.3) is 5.91 Å². The van der Waals surface area contributed by atoms with Crippen molar-refractivity contribution < 1.29 is 4.79 Å². The first-order valence-electron chi connectivity index (χ1n) is 9.38. The maximum absolute atomic E-state index is 12.7. The van der Waals surface area contributed by atoms with E-state index in [0.717, 1.165) is 11.1 Å². The van der Waals surface area contributed by atoms with Crippen LogP contribution in [0.2, 0.25) is 0 Å². The SMILES string of the molecule is C=C/C=C(\N=C/C)Nc1cc(C(=O)Nc2cncc(/C(C=C)=C/C=C\C)c2)ccn1. The molecule has 0 aliphatic rings. The highest BCUT2D eigenvalue weighted by molar-refractivity contribution is 6.04. The Balaban J connectivity index is 2.21. The van der Waals surface area contributed by atoms with Crippen LogP contribution in [-0.4, -0.2) is 22.1 Å². The van der Waals surface area contributed by atoms with E-state index in [-0.39, 0.29) is 5.91 Å². The summed E-state index contributed by atoms with van der Waals surface area (Å²) in [6, 6.07) is 5.14. The smallest absolute Gasteiger partial charge is 0.255 e. The van der Waals surface area contributed by atoms with Gasteiger partial charge in [-0.15, -0.1) is 0 Å². The molecule has 0 radical (unpaired) electrons. The van der Waals surface area contributed by atoms with Gasteiger partial charge >= 0.3 is 0 Å². The van der Waals surface area contributed by atoms with Crippen LogP contribution in [0.3, 0.4) is 0 Å². The highest BCUT2D eigenvalue weighted by atomic mass is 16.1. The number of rotatable bonds is 9. The number of pyridine rings is 2. The van der Waals surface area contributed by atoms with Crippen molar-refractivity contribution >= 4 is 29.2 Å². The minimum Gasteiger partial charge on any atom is -0.325 e. The molecular formula is C24H25N5O. The van der Waals surface area contributed by atoms with Crippen LogP contribution < -0.4 is 10.6 Å². The van der Waals surface area contributed by atoms with Crippen molar-refractivity contribution in [2.24, 2.45) is 4.99 Å². The molecular weight excluding hydrogens is 374 g/mol. The lowest BCUT2D eigenvalue weighted by molar-refractivity contribution is 0.102. The normalized spacial score (nSPS) is 12.2. The van der Waals surface area contributed by atoms with E-state index in [0.29, 0.717) is 22.9 Å². The van der Waals surface area contributed by atoms with Crippen LogP contribution in [0.25, 0.3) is 5.57 Å².